The molecule has 1 aliphatic heterocycles. The van der Waals surface area contributed by atoms with Crippen molar-refractivity contribution >= 4 is 34.8 Å². The minimum atomic E-state index is -0.133. The molecule has 110 valence electrons. The lowest BCUT2D eigenvalue weighted by molar-refractivity contribution is 0.0733. The fourth-order valence-electron chi connectivity index (χ4n) is 2.80. The lowest BCUT2D eigenvalue weighted by Gasteiger charge is -2.24. The van der Waals surface area contributed by atoms with Gasteiger partial charge < -0.3 is 15.6 Å². The average molecular weight is 324 g/mol. The smallest absolute Gasteiger partial charge is 0.256 e. The molecule has 3 rings (SSSR count). The molecule has 0 saturated carbocycles. The molecule has 1 aliphatic rings. The van der Waals surface area contributed by atoms with Crippen molar-refractivity contribution < 1.29 is 4.79 Å². The van der Waals surface area contributed by atoms with E-state index in [-0.39, 0.29) is 17.0 Å². The number of aromatic amines is 1. The molecule has 1 aromatic carbocycles. The summed E-state index contributed by atoms with van der Waals surface area (Å²) in [6.45, 7) is 0.700. The van der Waals surface area contributed by atoms with Crippen molar-refractivity contribution in [2.24, 2.45) is 0 Å². The Labute approximate surface area is 132 Å². The molecule has 0 bridgehead atoms. The van der Waals surface area contributed by atoms with Crippen molar-refractivity contribution in [3.8, 4) is 0 Å². The number of likely N-dealkylation sites (tertiary alicyclic amines) is 1. The Morgan fingerprint density at radius 1 is 1.38 bits per heavy atom. The standard InChI is InChI=1S/C15H15Cl2N3O/c16-11-8-9(18)7-10(14(11)17)15(21)20-6-2-4-13(20)12-3-1-5-19-12/h1,3,5,7-8,13,19H,2,4,6,18H2. The number of benzene rings is 1. The maximum Gasteiger partial charge on any atom is 0.256 e. The van der Waals surface area contributed by atoms with E-state index in [2.05, 4.69) is 4.98 Å². The van der Waals surface area contributed by atoms with Gasteiger partial charge in [0.1, 0.15) is 0 Å². The molecule has 4 nitrogen and oxygen atoms in total. The van der Waals surface area contributed by atoms with Crippen LogP contribution in [0.1, 0.15) is 34.9 Å². The highest BCUT2D eigenvalue weighted by atomic mass is 35.5. The number of nitrogens with one attached hydrogen (secondary N) is 1. The Bertz CT molecular complexity index is 670. The van der Waals surface area contributed by atoms with Gasteiger partial charge in [0.2, 0.25) is 0 Å². The van der Waals surface area contributed by atoms with Crippen LogP contribution in [0.4, 0.5) is 5.69 Å². The minimum Gasteiger partial charge on any atom is -0.399 e. The molecule has 1 saturated heterocycles. The summed E-state index contributed by atoms with van der Waals surface area (Å²) in [6, 6.07) is 7.10. The van der Waals surface area contributed by atoms with E-state index in [9.17, 15) is 4.79 Å². The van der Waals surface area contributed by atoms with Crippen molar-refractivity contribution in [1.29, 1.82) is 0 Å². The third kappa shape index (κ3) is 2.61. The number of carbonyl (C=O) groups excluding carboxylic acids is 1. The molecule has 2 heterocycles. The van der Waals surface area contributed by atoms with E-state index in [0.29, 0.717) is 22.8 Å². The van der Waals surface area contributed by atoms with Crippen LogP contribution in [-0.4, -0.2) is 22.3 Å². The van der Waals surface area contributed by atoms with Crippen molar-refractivity contribution in [3.63, 3.8) is 0 Å². The number of hydrogen-bond donors (Lipinski definition) is 2. The molecule has 1 amide bonds. The molecule has 0 radical (unpaired) electrons. The molecule has 1 aromatic heterocycles. The highest BCUT2D eigenvalue weighted by Crippen LogP contribution is 2.35. The third-order valence-corrected chi connectivity index (χ3v) is 4.58. The van der Waals surface area contributed by atoms with Gasteiger partial charge in [0.05, 0.1) is 21.7 Å². The van der Waals surface area contributed by atoms with Crippen LogP contribution in [0.2, 0.25) is 10.0 Å². The first-order valence-electron chi connectivity index (χ1n) is 6.76. The van der Waals surface area contributed by atoms with Gasteiger partial charge in [-0.15, -0.1) is 0 Å². The number of nitrogens with zero attached hydrogens (tertiary/aromatic N) is 1. The lowest BCUT2D eigenvalue weighted by atomic mass is 10.1. The van der Waals surface area contributed by atoms with Gasteiger partial charge in [-0.3, -0.25) is 4.79 Å². The van der Waals surface area contributed by atoms with E-state index in [1.807, 2.05) is 23.2 Å². The van der Waals surface area contributed by atoms with E-state index >= 15 is 0 Å². The van der Waals surface area contributed by atoms with Crippen LogP contribution in [-0.2, 0) is 0 Å². The monoisotopic (exact) mass is 323 g/mol. The van der Waals surface area contributed by atoms with Crippen LogP contribution in [0, 0.1) is 0 Å². The Morgan fingerprint density at radius 3 is 2.90 bits per heavy atom. The molecular weight excluding hydrogens is 309 g/mol. The Morgan fingerprint density at radius 2 is 2.19 bits per heavy atom. The summed E-state index contributed by atoms with van der Waals surface area (Å²) < 4.78 is 0. The second-order valence-corrected chi connectivity index (χ2v) is 5.93. The van der Waals surface area contributed by atoms with Gasteiger partial charge in [-0.05, 0) is 37.1 Å². The third-order valence-electron chi connectivity index (χ3n) is 3.78. The number of nitrogens with two attached hydrogens (primary N) is 1. The van der Waals surface area contributed by atoms with Crippen molar-refractivity contribution in [2.75, 3.05) is 12.3 Å². The van der Waals surface area contributed by atoms with E-state index in [1.54, 1.807) is 12.1 Å². The lowest BCUT2D eigenvalue weighted by Crippen LogP contribution is -2.31. The first-order valence-corrected chi connectivity index (χ1v) is 7.52. The maximum atomic E-state index is 12.8. The highest BCUT2D eigenvalue weighted by molar-refractivity contribution is 6.44. The van der Waals surface area contributed by atoms with Crippen LogP contribution in [0.5, 0.6) is 0 Å². The molecule has 1 unspecified atom stereocenters. The summed E-state index contributed by atoms with van der Waals surface area (Å²) in [5, 5.41) is 0.559. The summed E-state index contributed by atoms with van der Waals surface area (Å²) >= 11 is 12.2. The van der Waals surface area contributed by atoms with E-state index in [4.69, 9.17) is 28.9 Å². The van der Waals surface area contributed by atoms with Crippen LogP contribution in [0.25, 0.3) is 0 Å². The SMILES string of the molecule is Nc1cc(Cl)c(Cl)c(C(=O)N2CCCC2c2ccc[nH]2)c1. The number of amides is 1. The van der Waals surface area contributed by atoms with Crippen LogP contribution in [0.3, 0.4) is 0 Å². The number of aromatic nitrogens is 1. The molecule has 0 aliphatic carbocycles. The molecule has 1 atom stereocenters. The number of halogens is 2. The molecule has 21 heavy (non-hydrogen) atoms. The first kappa shape index (κ1) is 14.3. The number of carbonyl (C=O) groups is 1. The summed E-state index contributed by atoms with van der Waals surface area (Å²) in [6.07, 6.45) is 3.75. The zero-order valence-electron chi connectivity index (χ0n) is 11.3. The van der Waals surface area contributed by atoms with E-state index in [0.717, 1.165) is 18.5 Å². The first-order chi connectivity index (χ1) is 10.1. The van der Waals surface area contributed by atoms with Gasteiger partial charge >= 0.3 is 0 Å². The fraction of sp³-hybridized carbons (Fsp3) is 0.267. The van der Waals surface area contributed by atoms with Gasteiger partial charge in [-0.25, -0.2) is 0 Å². The Balaban J connectivity index is 1.95. The van der Waals surface area contributed by atoms with Crippen molar-refractivity contribution in [3.05, 3.63) is 51.8 Å². The number of hydrogen-bond acceptors (Lipinski definition) is 2. The van der Waals surface area contributed by atoms with Gasteiger partial charge in [-0.2, -0.15) is 0 Å². The van der Waals surface area contributed by atoms with Gasteiger partial charge in [0.25, 0.3) is 5.91 Å². The molecule has 2 aromatic rings. The number of anilines is 1. The minimum absolute atomic E-state index is 0.0452. The zero-order chi connectivity index (χ0) is 15.0. The summed E-state index contributed by atoms with van der Waals surface area (Å²) in [5.74, 6) is -0.133. The van der Waals surface area contributed by atoms with Crippen LogP contribution >= 0.6 is 23.2 Å². The van der Waals surface area contributed by atoms with E-state index < -0.39 is 0 Å². The molecule has 0 spiro atoms. The predicted octanol–water partition coefficient (Wildman–Crippen LogP) is 3.88. The Kier molecular flexibility index (Phi) is 3.83. The van der Waals surface area contributed by atoms with E-state index in [1.165, 1.54) is 0 Å². The largest absolute Gasteiger partial charge is 0.399 e. The van der Waals surface area contributed by atoms with Gasteiger partial charge in [0.15, 0.2) is 0 Å². The van der Waals surface area contributed by atoms with Crippen LogP contribution in [0.15, 0.2) is 30.5 Å². The van der Waals surface area contributed by atoms with Crippen molar-refractivity contribution in [1.82, 2.24) is 9.88 Å². The maximum absolute atomic E-state index is 12.8. The average Bonchev–Trinajstić information content (AvgIpc) is 3.11. The highest BCUT2D eigenvalue weighted by Gasteiger charge is 2.32. The number of nitrogen functional groups attached to an aromatic ring is 1. The summed E-state index contributed by atoms with van der Waals surface area (Å²) in [5.41, 5.74) is 7.60. The fourth-order valence-corrected chi connectivity index (χ4v) is 3.22. The summed E-state index contributed by atoms with van der Waals surface area (Å²) in [4.78, 5) is 17.8. The molecule has 3 N–H and O–H groups in total. The number of rotatable bonds is 2. The van der Waals surface area contributed by atoms with Crippen LogP contribution < -0.4 is 5.73 Å². The second-order valence-electron chi connectivity index (χ2n) is 5.15. The van der Waals surface area contributed by atoms with Gasteiger partial charge in [0, 0.05) is 24.1 Å². The predicted molar refractivity (Wildman–Crippen MR) is 84.7 cm³/mol. The zero-order valence-corrected chi connectivity index (χ0v) is 12.8. The second kappa shape index (κ2) is 5.62. The normalized spacial score (nSPS) is 18.2. The topological polar surface area (TPSA) is 62.1 Å². The van der Waals surface area contributed by atoms with Crippen molar-refractivity contribution in [2.45, 2.75) is 18.9 Å². The molecule has 6 heteroatoms. The quantitative estimate of drug-likeness (QED) is 0.824. The summed E-state index contributed by atoms with van der Waals surface area (Å²) in [7, 11) is 0. The number of H-pyrrole nitrogens is 1. The Hall–Kier alpha value is -1.65. The molecule has 1 fully saturated rings. The van der Waals surface area contributed by atoms with Gasteiger partial charge in [-0.1, -0.05) is 23.2 Å². The molecular formula is C15H15Cl2N3O.